The molecule has 8 nitrogen and oxygen atoms in total. The Morgan fingerprint density at radius 1 is 1.21 bits per heavy atom. The van der Waals surface area contributed by atoms with Crippen LogP contribution in [-0.4, -0.2) is 48.0 Å². The molecule has 2 aromatic carbocycles. The molecule has 0 aromatic heterocycles. The summed E-state index contributed by atoms with van der Waals surface area (Å²) in [4.78, 5) is 27.1. The number of carbonyl (C=O) groups is 1. The number of benzene rings is 2. The van der Waals surface area contributed by atoms with E-state index in [0.717, 1.165) is 0 Å². The number of piperazine rings is 1. The van der Waals surface area contributed by atoms with Gasteiger partial charge in [-0.15, -0.1) is 0 Å². The number of hydrogen-bond donors (Lipinski definition) is 0. The van der Waals surface area contributed by atoms with Crippen molar-refractivity contribution in [2.75, 3.05) is 31.1 Å². The van der Waals surface area contributed by atoms with Gasteiger partial charge in [0, 0.05) is 37.3 Å². The van der Waals surface area contributed by atoms with Crippen molar-refractivity contribution >= 4 is 28.9 Å². The Morgan fingerprint density at radius 3 is 2.45 bits per heavy atom. The van der Waals surface area contributed by atoms with Crippen LogP contribution >= 0.6 is 11.6 Å². The second-order valence-electron chi connectivity index (χ2n) is 6.60. The van der Waals surface area contributed by atoms with Gasteiger partial charge in [0.05, 0.1) is 16.6 Å². The zero-order valence-electron chi connectivity index (χ0n) is 15.7. The van der Waals surface area contributed by atoms with E-state index in [4.69, 9.17) is 21.6 Å². The highest BCUT2D eigenvalue weighted by molar-refractivity contribution is 6.30. The summed E-state index contributed by atoms with van der Waals surface area (Å²) in [6.45, 7) is 3.48. The van der Waals surface area contributed by atoms with Crippen molar-refractivity contribution in [1.29, 1.82) is 5.26 Å². The van der Waals surface area contributed by atoms with Crippen LogP contribution in [0.4, 0.5) is 11.4 Å². The van der Waals surface area contributed by atoms with Gasteiger partial charge in [0.15, 0.2) is 6.10 Å². The van der Waals surface area contributed by atoms with Gasteiger partial charge in [-0.1, -0.05) is 11.6 Å². The van der Waals surface area contributed by atoms with Gasteiger partial charge >= 0.3 is 0 Å². The molecule has 1 aliphatic rings. The summed E-state index contributed by atoms with van der Waals surface area (Å²) in [7, 11) is 0. The number of rotatable bonds is 5. The highest BCUT2D eigenvalue weighted by atomic mass is 35.5. The molecule has 0 N–H and O–H groups in total. The number of nitrogens with zero attached hydrogens (tertiary/aromatic N) is 4. The Kier molecular flexibility index (Phi) is 6.20. The molecule has 0 radical (unpaired) electrons. The van der Waals surface area contributed by atoms with Gasteiger partial charge in [-0.2, -0.15) is 5.26 Å². The zero-order chi connectivity index (χ0) is 21.0. The topological polar surface area (TPSA) is 99.7 Å². The predicted octanol–water partition coefficient (Wildman–Crippen LogP) is 3.24. The lowest BCUT2D eigenvalue weighted by Crippen LogP contribution is -2.52. The van der Waals surface area contributed by atoms with Crippen LogP contribution in [0.3, 0.4) is 0 Å². The van der Waals surface area contributed by atoms with Crippen LogP contribution in [0.1, 0.15) is 12.5 Å². The molecule has 3 rings (SSSR count). The fraction of sp³-hybridized carbons (Fsp3) is 0.300. The third kappa shape index (κ3) is 4.76. The molecule has 1 fully saturated rings. The van der Waals surface area contributed by atoms with Gasteiger partial charge in [-0.25, -0.2) is 0 Å². The largest absolute Gasteiger partial charge is 0.481 e. The van der Waals surface area contributed by atoms with Crippen LogP contribution in [0.25, 0.3) is 0 Å². The number of nitro groups is 1. The molecule has 1 heterocycles. The Balaban J connectivity index is 1.60. The summed E-state index contributed by atoms with van der Waals surface area (Å²) >= 11 is 5.88. The Labute approximate surface area is 173 Å². The van der Waals surface area contributed by atoms with Crippen molar-refractivity contribution in [2.45, 2.75) is 13.0 Å². The molecule has 0 aliphatic carbocycles. The highest BCUT2D eigenvalue weighted by Gasteiger charge is 2.28. The van der Waals surface area contributed by atoms with Crippen LogP contribution in [-0.2, 0) is 4.79 Å². The van der Waals surface area contributed by atoms with Crippen molar-refractivity contribution in [3.63, 3.8) is 0 Å². The first-order valence-corrected chi connectivity index (χ1v) is 9.41. The summed E-state index contributed by atoms with van der Waals surface area (Å²) in [5.74, 6) is 0.361. The normalized spacial score (nSPS) is 14.8. The summed E-state index contributed by atoms with van der Waals surface area (Å²) in [5.41, 5.74) is 0.965. The quantitative estimate of drug-likeness (QED) is 0.550. The van der Waals surface area contributed by atoms with E-state index >= 15 is 0 Å². The smallest absolute Gasteiger partial charge is 0.294 e. The van der Waals surface area contributed by atoms with Crippen LogP contribution in [0, 0.1) is 21.4 Å². The molecule has 1 unspecified atom stereocenters. The third-order valence-corrected chi connectivity index (χ3v) is 4.95. The second kappa shape index (κ2) is 8.80. The van der Waals surface area contributed by atoms with Crippen LogP contribution in [0.2, 0.25) is 5.02 Å². The first kappa shape index (κ1) is 20.4. The molecule has 1 atom stereocenters. The molecule has 0 saturated carbocycles. The number of ether oxygens (including phenoxy) is 1. The summed E-state index contributed by atoms with van der Waals surface area (Å²) < 4.78 is 5.69. The molecule has 9 heteroatoms. The minimum absolute atomic E-state index is 0.0465. The van der Waals surface area contributed by atoms with Crippen molar-refractivity contribution < 1.29 is 14.5 Å². The standard InChI is InChI=1S/C20H19ClN4O4/c1-14(29-17-5-2-15(13-22)3-6-17)20(26)24-10-8-23(9-11-24)18-7-4-16(21)12-19(18)25(27)28/h2-7,12,14H,8-11H2,1H3. The van der Waals surface area contributed by atoms with Gasteiger partial charge in [0.2, 0.25) is 0 Å². The zero-order valence-corrected chi connectivity index (χ0v) is 16.5. The molecule has 2 aromatic rings. The first-order chi connectivity index (χ1) is 13.9. The minimum Gasteiger partial charge on any atom is -0.481 e. The number of halogens is 1. The van der Waals surface area contributed by atoms with Gasteiger partial charge in [-0.05, 0) is 43.3 Å². The maximum Gasteiger partial charge on any atom is 0.294 e. The Hall–Kier alpha value is -3.31. The van der Waals surface area contributed by atoms with Gasteiger partial charge in [-0.3, -0.25) is 14.9 Å². The van der Waals surface area contributed by atoms with Gasteiger partial charge < -0.3 is 14.5 Å². The summed E-state index contributed by atoms with van der Waals surface area (Å²) in [5, 5.41) is 20.5. The van der Waals surface area contributed by atoms with Crippen molar-refractivity contribution in [3.05, 3.63) is 63.2 Å². The van der Waals surface area contributed by atoms with E-state index in [0.29, 0.717) is 48.2 Å². The van der Waals surface area contributed by atoms with E-state index in [1.807, 2.05) is 11.0 Å². The molecule has 29 heavy (non-hydrogen) atoms. The Morgan fingerprint density at radius 2 is 1.86 bits per heavy atom. The number of hydrogen-bond acceptors (Lipinski definition) is 6. The average molecular weight is 415 g/mol. The molecule has 1 amide bonds. The monoisotopic (exact) mass is 414 g/mol. The maximum absolute atomic E-state index is 12.7. The fourth-order valence-electron chi connectivity index (χ4n) is 3.20. The minimum atomic E-state index is -0.681. The average Bonchev–Trinajstić information content (AvgIpc) is 2.73. The number of carbonyl (C=O) groups excluding carboxylic acids is 1. The molecule has 0 spiro atoms. The molecular weight excluding hydrogens is 396 g/mol. The SMILES string of the molecule is CC(Oc1ccc(C#N)cc1)C(=O)N1CCN(c2ccc(Cl)cc2[N+](=O)[O-])CC1. The third-order valence-electron chi connectivity index (χ3n) is 4.71. The molecule has 1 saturated heterocycles. The Bertz CT molecular complexity index is 950. The van der Waals surface area contributed by atoms with E-state index in [-0.39, 0.29) is 11.6 Å². The predicted molar refractivity (Wildman–Crippen MR) is 108 cm³/mol. The van der Waals surface area contributed by atoms with E-state index in [2.05, 4.69) is 0 Å². The van der Waals surface area contributed by atoms with E-state index in [1.165, 1.54) is 6.07 Å². The molecular formula is C20H19ClN4O4. The van der Waals surface area contributed by atoms with Crippen LogP contribution < -0.4 is 9.64 Å². The van der Waals surface area contributed by atoms with E-state index in [9.17, 15) is 14.9 Å². The van der Waals surface area contributed by atoms with Gasteiger partial charge in [0.25, 0.3) is 11.6 Å². The van der Waals surface area contributed by atoms with E-state index < -0.39 is 11.0 Å². The summed E-state index contributed by atoms with van der Waals surface area (Å²) in [6, 6.07) is 13.2. The summed E-state index contributed by atoms with van der Waals surface area (Å²) in [6.07, 6.45) is -0.681. The lowest BCUT2D eigenvalue weighted by atomic mass is 10.2. The van der Waals surface area contributed by atoms with Crippen molar-refractivity contribution in [2.24, 2.45) is 0 Å². The van der Waals surface area contributed by atoms with Crippen LogP contribution in [0.15, 0.2) is 42.5 Å². The van der Waals surface area contributed by atoms with Gasteiger partial charge in [0.1, 0.15) is 11.4 Å². The lowest BCUT2D eigenvalue weighted by Gasteiger charge is -2.36. The molecule has 0 bridgehead atoms. The van der Waals surface area contributed by atoms with E-state index in [1.54, 1.807) is 48.2 Å². The first-order valence-electron chi connectivity index (χ1n) is 9.03. The number of nitriles is 1. The number of anilines is 1. The number of amides is 1. The van der Waals surface area contributed by atoms with Crippen molar-refractivity contribution in [3.8, 4) is 11.8 Å². The maximum atomic E-state index is 12.7. The van der Waals surface area contributed by atoms with Crippen molar-refractivity contribution in [1.82, 2.24) is 4.90 Å². The lowest BCUT2D eigenvalue weighted by molar-refractivity contribution is -0.384. The van der Waals surface area contributed by atoms with Crippen LogP contribution in [0.5, 0.6) is 5.75 Å². The molecule has 1 aliphatic heterocycles. The fourth-order valence-corrected chi connectivity index (χ4v) is 3.36. The second-order valence-corrected chi connectivity index (χ2v) is 7.04. The highest BCUT2D eigenvalue weighted by Crippen LogP contribution is 2.31. The number of nitro benzene ring substituents is 1. The molecule has 150 valence electrons.